The maximum absolute atomic E-state index is 11.7. The van der Waals surface area contributed by atoms with Gasteiger partial charge in [0.1, 0.15) is 12.4 Å². The zero-order valence-electron chi connectivity index (χ0n) is 11.7. The van der Waals surface area contributed by atoms with Crippen molar-refractivity contribution < 1.29 is 23.5 Å². The van der Waals surface area contributed by atoms with Crippen molar-refractivity contribution in [2.75, 3.05) is 13.1 Å². The lowest BCUT2D eigenvalue weighted by atomic mass is 10.1. The quantitative estimate of drug-likeness (QED) is 0.796. The van der Waals surface area contributed by atoms with Gasteiger partial charge in [0.05, 0.1) is 17.9 Å². The molecule has 0 aliphatic carbocycles. The summed E-state index contributed by atoms with van der Waals surface area (Å²) in [5, 5.41) is 0. The van der Waals surface area contributed by atoms with E-state index in [1.54, 1.807) is 11.0 Å². The van der Waals surface area contributed by atoms with Gasteiger partial charge in [0, 0.05) is 25.9 Å². The number of esters is 1. The van der Waals surface area contributed by atoms with Gasteiger partial charge < -0.3 is 18.8 Å². The number of hydrogen-bond donors (Lipinski definition) is 0. The Kier molecular flexibility index (Phi) is 4.65. The van der Waals surface area contributed by atoms with Crippen LogP contribution in [0.15, 0.2) is 23.0 Å². The fourth-order valence-corrected chi connectivity index (χ4v) is 2.03. The summed E-state index contributed by atoms with van der Waals surface area (Å²) in [5.74, 6) is -0.387. The molecule has 0 aromatic carbocycles. The first-order valence-corrected chi connectivity index (χ1v) is 6.75. The van der Waals surface area contributed by atoms with E-state index in [1.165, 1.54) is 12.5 Å². The Hall–Kier alpha value is -1.98. The van der Waals surface area contributed by atoms with E-state index in [9.17, 15) is 9.59 Å². The first kappa shape index (κ1) is 14.4. The molecule has 1 aliphatic rings. The zero-order chi connectivity index (χ0) is 14.5. The lowest BCUT2D eigenvalue weighted by molar-refractivity contribution is 0.00810. The minimum Gasteiger partial charge on any atom is -0.472 e. The van der Waals surface area contributed by atoms with E-state index in [4.69, 9.17) is 13.9 Å². The van der Waals surface area contributed by atoms with E-state index in [0.717, 1.165) is 0 Å². The molecule has 1 fully saturated rings. The van der Waals surface area contributed by atoms with Gasteiger partial charge in [-0.3, -0.25) is 0 Å². The van der Waals surface area contributed by atoms with Gasteiger partial charge in [-0.2, -0.15) is 0 Å². The molecule has 1 amide bonds. The molecule has 1 saturated heterocycles. The van der Waals surface area contributed by atoms with E-state index in [2.05, 4.69) is 0 Å². The highest BCUT2D eigenvalue weighted by Gasteiger charge is 2.26. The Bertz CT molecular complexity index is 446. The summed E-state index contributed by atoms with van der Waals surface area (Å²) >= 11 is 0. The van der Waals surface area contributed by atoms with E-state index in [-0.39, 0.29) is 24.3 Å². The fraction of sp³-hybridized carbons (Fsp3) is 0.571. The van der Waals surface area contributed by atoms with Crippen LogP contribution in [-0.2, 0) is 9.47 Å². The van der Waals surface area contributed by atoms with Crippen molar-refractivity contribution in [3.63, 3.8) is 0 Å². The minimum absolute atomic E-state index is 0.126. The number of furan rings is 1. The number of carbonyl (C=O) groups excluding carboxylic acids is 2. The second-order valence-corrected chi connectivity index (χ2v) is 5.04. The zero-order valence-corrected chi connectivity index (χ0v) is 11.7. The van der Waals surface area contributed by atoms with Gasteiger partial charge in [-0.05, 0) is 19.9 Å². The molecule has 0 unspecified atom stereocenters. The molecule has 0 saturated carbocycles. The summed E-state index contributed by atoms with van der Waals surface area (Å²) in [7, 11) is 0. The maximum Gasteiger partial charge on any atom is 0.410 e. The third-order valence-corrected chi connectivity index (χ3v) is 3.07. The molecule has 1 aromatic rings. The van der Waals surface area contributed by atoms with E-state index >= 15 is 0 Å². The molecule has 1 aromatic heterocycles. The highest BCUT2D eigenvalue weighted by Crippen LogP contribution is 2.17. The van der Waals surface area contributed by atoms with Gasteiger partial charge in [-0.25, -0.2) is 9.59 Å². The summed E-state index contributed by atoms with van der Waals surface area (Å²) in [5.41, 5.74) is 0.409. The van der Waals surface area contributed by atoms with Crippen molar-refractivity contribution in [2.24, 2.45) is 0 Å². The van der Waals surface area contributed by atoms with Crippen molar-refractivity contribution >= 4 is 12.1 Å². The van der Waals surface area contributed by atoms with Gasteiger partial charge in [-0.15, -0.1) is 0 Å². The molecule has 110 valence electrons. The van der Waals surface area contributed by atoms with Gasteiger partial charge in [-0.1, -0.05) is 0 Å². The number of carbonyl (C=O) groups is 2. The summed E-state index contributed by atoms with van der Waals surface area (Å²) in [6, 6.07) is 1.57. The Morgan fingerprint density at radius 3 is 2.60 bits per heavy atom. The molecule has 2 rings (SSSR count). The maximum atomic E-state index is 11.7. The molecule has 0 N–H and O–H groups in total. The normalized spacial score (nSPS) is 16.2. The summed E-state index contributed by atoms with van der Waals surface area (Å²) < 4.78 is 15.3. The van der Waals surface area contributed by atoms with Gasteiger partial charge in [0.25, 0.3) is 0 Å². The van der Waals surface area contributed by atoms with Crippen LogP contribution in [0.3, 0.4) is 0 Å². The summed E-state index contributed by atoms with van der Waals surface area (Å²) in [6.45, 7) is 4.71. The second kappa shape index (κ2) is 6.45. The number of likely N-dealkylation sites (tertiary alicyclic amines) is 1. The number of nitrogens with zero attached hydrogens (tertiary/aromatic N) is 1. The molecule has 6 nitrogen and oxygen atoms in total. The molecule has 0 radical (unpaired) electrons. The van der Waals surface area contributed by atoms with Gasteiger partial charge in [0.2, 0.25) is 0 Å². The second-order valence-electron chi connectivity index (χ2n) is 5.04. The first-order chi connectivity index (χ1) is 9.56. The van der Waals surface area contributed by atoms with E-state index < -0.39 is 0 Å². The van der Waals surface area contributed by atoms with Crippen LogP contribution in [-0.4, -0.2) is 42.3 Å². The smallest absolute Gasteiger partial charge is 0.410 e. The molecule has 2 heterocycles. The molecular formula is C14H19NO5. The fourth-order valence-electron chi connectivity index (χ4n) is 2.03. The molecule has 0 atom stereocenters. The van der Waals surface area contributed by atoms with Crippen molar-refractivity contribution in [3.05, 3.63) is 24.2 Å². The van der Waals surface area contributed by atoms with Gasteiger partial charge >= 0.3 is 12.1 Å². The topological polar surface area (TPSA) is 69.0 Å². The molecule has 1 aliphatic heterocycles. The van der Waals surface area contributed by atoms with Crippen LogP contribution in [0.25, 0.3) is 0 Å². The van der Waals surface area contributed by atoms with Crippen molar-refractivity contribution in [2.45, 2.75) is 38.9 Å². The number of piperidine rings is 1. The van der Waals surface area contributed by atoms with Crippen LogP contribution < -0.4 is 0 Å². The highest BCUT2D eigenvalue weighted by molar-refractivity contribution is 5.89. The lowest BCUT2D eigenvalue weighted by Gasteiger charge is -2.31. The largest absolute Gasteiger partial charge is 0.472 e. The van der Waals surface area contributed by atoms with Crippen LogP contribution in [0.1, 0.15) is 37.0 Å². The number of amides is 1. The lowest BCUT2D eigenvalue weighted by Crippen LogP contribution is -2.42. The third-order valence-electron chi connectivity index (χ3n) is 3.07. The van der Waals surface area contributed by atoms with E-state index in [1.807, 2.05) is 13.8 Å². The summed E-state index contributed by atoms with van der Waals surface area (Å²) in [4.78, 5) is 25.1. The van der Waals surface area contributed by atoms with Crippen LogP contribution >= 0.6 is 0 Å². The van der Waals surface area contributed by atoms with Crippen LogP contribution in [0, 0.1) is 0 Å². The minimum atomic E-state index is -0.387. The van der Waals surface area contributed by atoms with Crippen LogP contribution in [0.5, 0.6) is 0 Å². The summed E-state index contributed by atoms with van der Waals surface area (Å²) in [6.07, 6.45) is 3.44. The third kappa shape index (κ3) is 3.76. The Labute approximate surface area is 117 Å². The average molecular weight is 281 g/mol. The SMILES string of the molecule is CC(C)OC(=O)N1CCC(OC(=O)c2ccoc2)CC1. The number of ether oxygens (including phenoxy) is 2. The van der Waals surface area contributed by atoms with Crippen molar-refractivity contribution in [1.29, 1.82) is 0 Å². The number of hydrogen-bond acceptors (Lipinski definition) is 5. The Balaban J connectivity index is 1.77. The Morgan fingerprint density at radius 2 is 2.05 bits per heavy atom. The van der Waals surface area contributed by atoms with Gasteiger partial charge in [0.15, 0.2) is 0 Å². The Morgan fingerprint density at radius 1 is 1.35 bits per heavy atom. The van der Waals surface area contributed by atoms with Crippen LogP contribution in [0.4, 0.5) is 4.79 Å². The van der Waals surface area contributed by atoms with Crippen molar-refractivity contribution in [1.82, 2.24) is 4.90 Å². The molecule has 6 heteroatoms. The number of rotatable bonds is 3. The highest BCUT2D eigenvalue weighted by atomic mass is 16.6. The monoisotopic (exact) mass is 281 g/mol. The van der Waals surface area contributed by atoms with Crippen molar-refractivity contribution in [3.8, 4) is 0 Å². The average Bonchev–Trinajstić information content (AvgIpc) is 2.92. The predicted molar refractivity (Wildman–Crippen MR) is 70.3 cm³/mol. The molecule has 20 heavy (non-hydrogen) atoms. The molecule has 0 bridgehead atoms. The molecular weight excluding hydrogens is 262 g/mol. The standard InChI is InChI=1S/C14H19NO5/c1-10(2)19-14(17)15-6-3-12(4-7-15)20-13(16)11-5-8-18-9-11/h5,8-10,12H,3-4,6-7H2,1-2H3. The molecule has 0 spiro atoms. The predicted octanol–water partition coefficient (Wildman–Crippen LogP) is 2.45. The first-order valence-electron chi connectivity index (χ1n) is 6.75. The van der Waals surface area contributed by atoms with E-state index in [0.29, 0.717) is 31.5 Å². The van der Waals surface area contributed by atoms with Crippen LogP contribution in [0.2, 0.25) is 0 Å².